The van der Waals surface area contributed by atoms with Crippen molar-refractivity contribution in [3.63, 3.8) is 0 Å². The van der Waals surface area contributed by atoms with Crippen LogP contribution in [0.4, 0.5) is 5.69 Å². The lowest BCUT2D eigenvalue weighted by Crippen LogP contribution is -2.46. The first-order chi connectivity index (χ1) is 9.43. The molecule has 0 saturated heterocycles. The summed E-state index contributed by atoms with van der Waals surface area (Å²) in [6, 6.07) is 4.86. The first kappa shape index (κ1) is 15.3. The van der Waals surface area contributed by atoms with Crippen molar-refractivity contribution in [3.8, 4) is 0 Å². The molecule has 0 aromatic heterocycles. The molecule has 0 amide bonds. The highest BCUT2D eigenvalue weighted by Gasteiger charge is 2.34. The van der Waals surface area contributed by atoms with Gasteiger partial charge in [-0.1, -0.05) is 43.9 Å². The monoisotopic (exact) mass is 296 g/mol. The Morgan fingerprint density at radius 2 is 2.30 bits per heavy atom. The van der Waals surface area contributed by atoms with Crippen LogP contribution in [0.15, 0.2) is 18.2 Å². The third-order valence-electron chi connectivity index (χ3n) is 4.35. The number of nitrogens with two attached hydrogens (primary N) is 1. The topological polar surface area (TPSA) is 69.2 Å². The molecule has 1 aromatic rings. The van der Waals surface area contributed by atoms with Crippen LogP contribution >= 0.6 is 11.6 Å². The summed E-state index contributed by atoms with van der Waals surface area (Å²) in [7, 11) is 0. The summed E-state index contributed by atoms with van der Waals surface area (Å²) < 4.78 is 0. The van der Waals surface area contributed by atoms with Gasteiger partial charge in [-0.25, -0.2) is 0 Å². The molecule has 110 valence electrons. The summed E-state index contributed by atoms with van der Waals surface area (Å²) in [6.07, 6.45) is 5.89. The van der Waals surface area contributed by atoms with Crippen molar-refractivity contribution in [1.29, 1.82) is 0 Å². The Labute approximate surface area is 124 Å². The lowest BCUT2D eigenvalue weighted by Gasteiger charge is -2.38. The van der Waals surface area contributed by atoms with Gasteiger partial charge in [0.25, 0.3) is 5.69 Å². The van der Waals surface area contributed by atoms with Crippen LogP contribution in [0.3, 0.4) is 0 Å². The highest BCUT2D eigenvalue weighted by atomic mass is 35.5. The largest absolute Gasteiger partial charge is 0.325 e. The molecular weight excluding hydrogens is 276 g/mol. The summed E-state index contributed by atoms with van der Waals surface area (Å²) in [6.45, 7) is 2.18. The normalized spacial score (nSPS) is 26.4. The molecule has 1 saturated carbocycles. The van der Waals surface area contributed by atoms with Crippen molar-refractivity contribution < 1.29 is 4.92 Å². The maximum Gasteiger partial charge on any atom is 0.274 e. The molecule has 1 fully saturated rings. The van der Waals surface area contributed by atoms with Crippen molar-refractivity contribution in [1.82, 2.24) is 0 Å². The highest BCUT2D eigenvalue weighted by Crippen LogP contribution is 2.36. The number of nitro benzene ring substituents is 1. The Balaban J connectivity index is 2.22. The smallest absolute Gasteiger partial charge is 0.274 e. The van der Waals surface area contributed by atoms with E-state index in [9.17, 15) is 10.1 Å². The zero-order chi connectivity index (χ0) is 14.8. The van der Waals surface area contributed by atoms with E-state index in [1.54, 1.807) is 12.1 Å². The highest BCUT2D eigenvalue weighted by molar-refractivity contribution is 6.30. The van der Waals surface area contributed by atoms with Crippen LogP contribution in [0.25, 0.3) is 0 Å². The quantitative estimate of drug-likeness (QED) is 0.672. The molecule has 5 heteroatoms. The molecule has 0 bridgehead atoms. The third-order valence-corrected chi connectivity index (χ3v) is 4.58. The number of halogens is 1. The number of benzene rings is 1. The summed E-state index contributed by atoms with van der Waals surface area (Å²) in [5.74, 6) is 0.639. The Hall–Kier alpha value is -1.13. The van der Waals surface area contributed by atoms with Gasteiger partial charge in [0, 0.05) is 22.2 Å². The molecule has 0 radical (unpaired) electrons. The molecule has 0 aliphatic heterocycles. The van der Waals surface area contributed by atoms with Gasteiger partial charge < -0.3 is 5.73 Å². The van der Waals surface area contributed by atoms with E-state index >= 15 is 0 Å². The molecule has 0 heterocycles. The number of nitrogens with zero attached hydrogens (tertiary/aromatic N) is 1. The number of hydrogen-bond donors (Lipinski definition) is 1. The summed E-state index contributed by atoms with van der Waals surface area (Å²) in [5.41, 5.74) is 6.96. The van der Waals surface area contributed by atoms with Crippen molar-refractivity contribution in [2.24, 2.45) is 11.7 Å². The fourth-order valence-corrected chi connectivity index (χ4v) is 3.43. The second-order valence-corrected chi connectivity index (χ2v) is 6.38. The number of rotatable bonds is 4. The molecule has 4 nitrogen and oxygen atoms in total. The first-order valence-electron chi connectivity index (χ1n) is 7.15. The van der Waals surface area contributed by atoms with E-state index in [0.29, 0.717) is 22.9 Å². The van der Waals surface area contributed by atoms with Crippen LogP contribution in [-0.4, -0.2) is 10.5 Å². The summed E-state index contributed by atoms with van der Waals surface area (Å²) in [5, 5.41) is 11.5. The number of nitro groups is 1. The Morgan fingerprint density at radius 1 is 1.55 bits per heavy atom. The van der Waals surface area contributed by atoms with E-state index in [1.807, 2.05) is 0 Å². The van der Waals surface area contributed by atoms with Gasteiger partial charge in [-0.15, -0.1) is 0 Å². The second kappa shape index (κ2) is 6.10. The predicted molar refractivity (Wildman–Crippen MR) is 81.0 cm³/mol. The molecule has 1 aliphatic rings. The van der Waals surface area contributed by atoms with Crippen LogP contribution in [0, 0.1) is 16.0 Å². The standard InChI is InChI=1S/C15H21ClN2O2/c1-2-11-4-3-7-15(17,9-11)10-12-5-6-13(16)8-14(12)18(19)20/h5-6,8,11H,2-4,7,9-10,17H2,1H3. The van der Waals surface area contributed by atoms with Gasteiger partial charge in [-0.2, -0.15) is 0 Å². The maximum absolute atomic E-state index is 11.1. The minimum absolute atomic E-state index is 0.0842. The number of hydrogen-bond acceptors (Lipinski definition) is 3. The summed E-state index contributed by atoms with van der Waals surface area (Å²) in [4.78, 5) is 10.8. The fourth-order valence-electron chi connectivity index (χ4n) is 3.27. The van der Waals surface area contributed by atoms with Crippen molar-refractivity contribution in [3.05, 3.63) is 38.9 Å². The SMILES string of the molecule is CCC1CCCC(N)(Cc2ccc(Cl)cc2[N+](=O)[O-])C1. The van der Waals surface area contributed by atoms with Crippen LogP contribution in [0.1, 0.15) is 44.6 Å². The molecule has 1 aromatic carbocycles. The van der Waals surface area contributed by atoms with E-state index in [2.05, 4.69) is 6.92 Å². The van der Waals surface area contributed by atoms with Crippen LogP contribution in [0.5, 0.6) is 0 Å². The molecular formula is C15H21ClN2O2. The molecule has 20 heavy (non-hydrogen) atoms. The van der Waals surface area contributed by atoms with E-state index in [0.717, 1.165) is 25.7 Å². The maximum atomic E-state index is 11.1. The van der Waals surface area contributed by atoms with Gasteiger partial charge in [0.1, 0.15) is 0 Å². The zero-order valence-corrected chi connectivity index (χ0v) is 12.5. The van der Waals surface area contributed by atoms with E-state index < -0.39 is 0 Å². The van der Waals surface area contributed by atoms with Crippen LogP contribution in [-0.2, 0) is 6.42 Å². The van der Waals surface area contributed by atoms with Gasteiger partial charge in [0.2, 0.25) is 0 Å². The van der Waals surface area contributed by atoms with Crippen LogP contribution in [0.2, 0.25) is 5.02 Å². The van der Waals surface area contributed by atoms with Crippen molar-refractivity contribution in [2.45, 2.75) is 51.0 Å². The Kier molecular flexibility index (Phi) is 4.66. The van der Waals surface area contributed by atoms with Crippen molar-refractivity contribution >= 4 is 17.3 Å². The van der Waals surface area contributed by atoms with Gasteiger partial charge in [-0.3, -0.25) is 10.1 Å². The fraction of sp³-hybridized carbons (Fsp3) is 0.600. The predicted octanol–water partition coefficient (Wildman–Crippen LogP) is 4.09. The van der Waals surface area contributed by atoms with E-state index in [1.165, 1.54) is 12.5 Å². The molecule has 2 unspecified atom stereocenters. The van der Waals surface area contributed by atoms with Gasteiger partial charge >= 0.3 is 0 Å². The second-order valence-electron chi connectivity index (χ2n) is 5.94. The Bertz CT molecular complexity index is 507. The zero-order valence-electron chi connectivity index (χ0n) is 11.8. The lowest BCUT2D eigenvalue weighted by atomic mass is 9.72. The van der Waals surface area contributed by atoms with Crippen LogP contribution < -0.4 is 5.73 Å². The van der Waals surface area contributed by atoms with Crippen molar-refractivity contribution in [2.75, 3.05) is 0 Å². The first-order valence-corrected chi connectivity index (χ1v) is 7.53. The average molecular weight is 297 g/mol. The summed E-state index contributed by atoms with van der Waals surface area (Å²) >= 11 is 5.85. The lowest BCUT2D eigenvalue weighted by molar-refractivity contribution is -0.385. The average Bonchev–Trinajstić information content (AvgIpc) is 2.40. The molecule has 2 rings (SSSR count). The van der Waals surface area contributed by atoms with Gasteiger partial charge in [0.05, 0.1) is 4.92 Å². The molecule has 2 N–H and O–H groups in total. The minimum atomic E-state index is -0.370. The molecule has 2 atom stereocenters. The van der Waals surface area contributed by atoms with E-state index in [-0.39, 0.29) is 16.1 Å². The molecule has 1 aliphatic carbocycles. The minimum Gasteiger partial charge on any atom is -0.325 e. The molecule has 0 spiro atoms. The Morgan fingerprint density at radius 3 is 2.95 bits per heavy atom. The van der Waals surface area contributed by atoms with E-state index in [4.69, 9.17) is 17.3 Å². The third kappa shape index (κ3) is 3.49. The van der Waals surface area contributed by atoms with Gasteiger partial charge in [0.15, 0.2) is 0 Å². The van der Waals surface area contributed by atoms with Gasteiger partial charge in [-0.05, 0) is 31.2 Å².